The van der Waals surface area contributed by atoms with Crippen LogP contribution in [-0.2, 0) is 11.2 Å². The van der Waals surface area contributed by atoms with Crippen LogP contribution in [0.15, 0.2) is 59.6 Å². The molecule has 0 amide bonds. The highest BCUT2D eigenvalue weighted by Gasteiger charge is 2.15. The van der Waals surface area contributed by atoms with Crippen LogP contribution in [-0.4, -0.2) is 37.2 Å². The monoisotopic (exact) mass is 355 g/mol. The van der Waals surface area contributed by atoms with Crippen molar-refractivity contribution in [2.24, 2.45) is 4.99 Å². The van der Waals surface area contributed by atoms with Crippen LogP contribution in [0.25, 0.3) is 0 Å². The van der Waals surface area contributed by atoms with Crippen LogP contribution >= 0.6 is 0 Å². The van der Waals surface area contributed by atoms with E-state index in [4.69, 9.17) is 14.6 Å². The molecular weight excluding hydrogens is 330 g/mol. The normalized spacial score (nSPS) is 13.5. The predicted molar refractivity (Wildman–Crippen MR) is 103 cm³/mol. The molecule has 0 saturated heterocycles. The van der Waals surface area contributed by atoms with E-state index in [1.807, 2.05) is 18.2 Å². The van der Waals surface area contributed by atoms with Crippen LogP contribution in [0.2, 0.25) is 0 Å². The molecule has 6 nitrogen and oxygen atoms in total. The second kappa shape index (κ2) is 10.1. The molecule has 2 aromatic rings. The molecule has 3 rings (SSSR count). The number of hydrogen-bond acceptors (Lipinski definition) is 5. The number of carboxylic acid groups (broad SMARTS) is 1. The summed E-state index contributed by atoms with van der Waals surface area (Å²) in [7, 11) is 1.69. The highest BCUT2D eigenvalue weighted by Crippen LogP contribution is 2.20. The van der Waals surface area contributed by atoms with E-state index in [9.17, 15) is 0 Å². The van der Waals surface area contributed by atoms with E-state index < -0.39 is 5.97 Å². The fraction of sp³-hybridized carbons (Fsp3) is 0.300. The van der Waals surface area contributed by atoms with Gasteiger partial charge in [-0.3, -0.25) is 9.79 Å². The lowest BCUT2D eigenvalue weighted by atomic mass is 9.99. The largest absolute Gasteiger partial charge is 0.497 e. The van der Waals surface area contributed by atoms with E-state index in [2.05, 4.69) is 52.0 Å². The lowest BCUT2D eigenvalue weighted by molar-refractivity contribution is -0.134. The summed E-state index contributed by atoms with van der Waals surface area (Å²) in [5.74, 6) is 0.942. The summed E-state index contributed by atoms with van der Waals surface area (Å²) in [6, 6.07) is 18.9. The minimum atomic E-state index is -0.833. The molecule has 1 unspecified atom stereocenters. The summed E-state index contributed by atoms with van der Waals surface area (Å²) in [5, 5.41) is 14.2. The van der Waals surface area contributed by atoms with Crippen molar-refractivity contribution in [3.8, 4) is 5.75 Å². The van der Waals surface area contributed by atoms with Gasteiger partial charge in [-0.25, -0.2) is 0 Å². The number of carboxylic acids is 1. The quantitative estimate of drug-likeness (QED) is 0.768. The first-order valence-corrected chi connectivity index (χ1v) is 8.50. The van der Waals surface area contributed by atoms with Gasteiger partial charge in [0.1, 0.15) is 5.75 Å². The third kappa shape index (κ3) is 6.47. The van der Waals surface area contributed by atoms with Gasteiger partial charge in [0.15, 0.2) is 5.96 Å². The molecule has 0 aliphatic carbocycles. The first-order chi connectivity index (χ1) is 12.6. The van der Waals surface area contributed by atoms with Crippen molar-refractivity contribution in [3.63, 3.8) is 0 Å². The van der Waals surface area contributed by atoms with Gasteiger partial charge in [0.25, 0.3) is 5.97 Å². The van der Waals surface area contributed by atoms with E-state index in [1.165, 1.54) is 11.1 Å². The van der Waals surface area contributed by atoms with Gasteiger partial charge in [0, 0.05) is 13.5 Å². The van der Waals surface area contributed by atoms with Crippen LogP contribution < -0.4 is 15.4 Å². The average Bonchev–Trinajstić information content (AvgIpc) is 3.15. The third-order valence-electron chi connectivity index (χ3n) is 3.79. The fourth-order valence-electron chi connectivity index (χ4n) is 2.59. The summed E-state index contributed by atoms with van der Waals surface area (Å²) in [6.07, 6.45) is 0.898. The van der Waals surface area contributed by atoms with Crippen LogP contribution in [0.1, 0.15) is 24.1 Å². The Morgan fingerprint density at radius 2 is 1.88 bits per heavy atom. The molecule has 3 N–H and O–H groups in total. The van der Waals surface area contributed by atoms with Gasteiger partial charge in [0.2, 0.25) is 0 Å². The summed E-state index contributed by atoms with van der Waals surface area (Å²) in [6.45, 7) is 2.83. The minimum Gasteiger partial charge on any atom is -0.497 e. The van der Waals surface area contributed by atoms with Crippen molar-refractivity contribution >= 4 is 11.9 Å². The number of nitrogens with zero attached hydrogens (tertiary/aromatic N) is 1. The highest BCUT2D eigenvalue weighted by atomic mass is 16.5. The zero-order valence-electron chi connectivity index (χ0n) is 15.1. The van der Waals surface area contributed by atoms with Crippen molar-refractivity contribution in [2.45, 2.75) is 19.4 Å². The van der Waals surface area contributed by atoms with Crippen molar-refractivity contribution in [1.82, 2.24) is 10.6 Å². The van der Waals surface area contributed by atoms with Gasteiger partial charge in [-0.15, -0.1) is 0 Å². The number of carbonyl (C=O) groups is 1. The van der Waals surface area contributed by atoms with Gasteiger partial charge >= 0.3 is 0 Å². The van der Waals surface area contributed by atoms with Gasteiger partial charge in [-0.2, -0.15) is 0 Å². The molecule has 0 bridgehead atoms. The van der Waals surface area contributed by atoms with Gasteiger partial charge < -0.3 is 20.5 Å². The zero-order valence-corrected chi connectivity index (χ0v) is 15.1. The van der Waals surface area contributed by atoms with Crippen LogP contribution in [0, 0.1) is 0 Å². The van der Waals surface area contributed by atoms with Gasteiger partial charge in [0.05, 0.1) is 19.7 Å². The second-order valence-corrected chi connectivity index (χ2v) is 5.84. The Kier molecular flexibility index (Phi) is 7.49. The van der Waals surface area contributed by atoms with Crippen molar-refractivity contribution < 1.29 is 14.6 Å². The van der Waals surface area contributed by atoms with Crippen LogP contribution in [0.5, 0.6) is 5.75 Å². The van der Waals surface area contributed by atoms with E-state index in [1.54, 1.807) is 7.11 Å². The molecule has 6 heteroatoms. The number of ether oxygens (including phenoxy) is 1. The van der Waals surface area contributed by atoms with Crippen LogP contribution in [0.4, 0.5) is 0 Å². The summed E-state index contributed by atoms with van der Waals surface area (Å²) in [4.78, 5) is 13.4. The SMILES string of the molecule is CC(=O)O.COc1ccc(CC(NC2=NCCN2)c2ccccc2)cc1. The Hall–Kier alpha value is -3.02. The lowest BCUT2D eigenvalue weighted by Gasteiger charge is -2.20. The molecule has 138 valence electrons. The topological polar surface area (TPSA) is 83.0 Å². The first kappa shape index (κ1) is 19.3. The number of hydrogen-bond donors (Lipinski definition) is 3. The van der Waals surface area contributed by atoms with Gasteiger partial charge in [-0.1, -0.05) is 42.5 Å². The number of aliphatic carboxylic acids is 1. The molecule has 26 heavy (non-hydrogen) atoms. The number of benzene rings is 2. The maximum absolute atomic E-state index is 9.00. The molecule has 0 aromatic heterocycles. The average molecular weight is 355 g/mol. The van der Waals surface area contributed by atoms with Crippen molar-refractivity contribution in [1.29, 1.82) is 0 Å². The molecule has 1 atom stereocenters. The van der Waals surface area contributed by atoms with E-state index in [0.717, 1.165) is 38.1 Å². The predicted octanol–water partition coefficient (Wildman–Crippen LogP) is 2.62. The number of aliphatic imine (C=N–C) groups is 1. The Morgan fingerprint density at radius 1 is 1.23 bits per heavy atom. The molecule has 0 spiro atoms. The Balaban J connectivity index is 0.000000552. The highest BCUT2D eigenvalue weighted by molar-refractivity contribution is 5.81. The standard InChI is InChI=1S/C18H21N3O.C2H4O2/c1-22-16-9-7-14(8-10-16)13-17(15-5-3-2-4-6-15)21-18-19-11-12-20-18;1-2(3)4/h2-10,17H,11-13H2,1H3,(H2,19,20,21);1H3,(H,3,4). The molecule has 2 aromatic carbocycles. The lowest BCUT2D eigenvalue weighted by Crippen LogP contribution is -2.37. The van der Waals surface area contributed by atoms with Crippen molar-refractivity contribution in [2.75, 3.05) is 20.2 Å². The third-order valence-corrected chi connectivity index (χ3v) is 3.79. The maximum atomic E-state index is 9.00. The molecule has 0 saturated carbocycles. The Labute approximate surface area is 153 Å². The molecule has 0 fully saturated rings. The molecule has 1 aliphatic rings. The smallest absolute Gasteiger partial charge is 0.300 e. The molecule has 1 aliphatic heterocycles. The molecule has 0 radical (unpaired) electrons. The van der Waals surface area contributed by atoms with E-state index in [0.29, 0.717) is 0 Å². The molecule has 1 heterocycles. The van der Waals surface area contributed by atoms with E-state index in [-0.39, 0.29) is 6.04 Å². The van der Waals surface area contributed by atoms with Crippen molar-refractivity contribution in [3.05, 3.63) is 65.7 Å². The number of rotatable bonds is 5. The fourth-order valence-corrected chi connectivity index (χ4v) is 2.59. The number of guanidine groups is 1. The zero-order chi connectivity index (χ0) is 18.8. The maximum Gasteiger partial charge on any atom is 0.300 e. The molecular formula is C20H25N3O3. The first-order valence-electron chi connectivity index (χ1n) is 8.50. The summed E-state index contributed by atoms with van der Waals surface area (Å²) < 4.78 is 5.22. The number of methoxy groups -OCH3 is 1. The van der Waals surface area contributed by atoms with Crippen LogP contribution in [0.3, 0.4) is 0 Å². The summed E-state index contributed by atoms with van der Waals surface area (Å²) in [5.41, 5.74) is 2.52. The Morgan fingerprint density at radius 3 is 2.42 bits per heavy atom. The Bertz CT molecular complexity index is 711. The minimum absolute atomic E-state index is 0.193. The summed E-state index contributed by atoms with van der Waals surface area (Å²) >= 11 is 0. The second-order valence-electron chi connectivity index (χ2n) is 5.84. The van der Waals surface area contributed by atoms with E-state index >= 15 is 0 Å². The van der Waals surface area contributed by atoms with Gasteiger partial charge in [-0.05, 0) is 29.7 Å². The number of nitrogens with one attached hydrogen (secondary N) is 2.